The molecule has 2 heterocycles. The first-order valence-electron chi connectivity index (χ1n) is 8.65. The van der Waals surface area contributed by atoms with Crippen LogP contribution >= 0.6 is 0 Å². The van der Waals surface area contributed by atoms with Crippen LogP contribution in [0.25, 0.3) is 0 Å². The number of nitrogens with one attached hydrogen (secondary N) is 2. The maximum absolute atomic E-state index is 12.4. The molecule has 2 atom stereocenters. The molecule has 2 N–H and O–H groups in total. The highest BCUT2D eigenvalue weighted by molar-refractivity contribution is 5.83. The fourth-order valence-corrected chi connectivity index (χ4v) is 3.35. The summed E-state index contributed by atoms with van der Waals surface area (Å²) < 4.78 is 0. The van der Waals surface area contributed by atoms with Gasteiger partial charge in [-0.05, 0) is 44.7 Å². The molecule has 22 heavy (non-hydrogen) atoms. The summed E-state index contributed by atoms with van der Waals surface area (Å²) in [6.45, 7) is 10.1. The fourth-order valence-electron chi connectivity index (χ4n) is 3.35. The molecule has 0 aromatic rings. The maximum Gasteiger partial charge on any atom is 0.227 e. The van der Waals surface area contributed by atoms with E-state index >= 15 is 0 Å². The SMILES string of the molecule is CC(C)(C)C(=O)N1CCCC(C(=O)NCCC2CCNC2)C1. The molecule has 0 bridgehead atoms. The van der Waals surface area contributed by atoms with E-state index in [1.54, 1.807) is 0 Å². The van der Waals surface area contributed by atoms with E-state index in [9.17, 15) is 9.59 Å². The standard InChI is InChI=1S/C17H31N3O2/c1-17(2,3)16(22)20-10-4-5-14(12-20)15(21)19-9-7-13-6-8-18-11-13/h13-14,18H,4-12H2,1-3H3,(H,19,21). The number of hydrogen-bond acceptors (Lipinski definition) is 3. The van der Waals surface area contributed by atoms with Gasteiger partial charge in [0.25, 0.3) is 0 Å². The van der Waals surface area contributed by atoms with Gasteiger partial charge in [-0.2, -0.15) is 0 Å². The van der Waals surface area contributed by atoms with Crippen molar-refractivity contribution in [1.82, 2.24) is 15.5 Å². The number of carbonyl (C=O) groups excluding carboxylic acids is 2. The van der Waals surface area contributed by atoms with Crippen LogP contribution in [0.1, 0.15) is 46.5 Å². The van der Waals surface area contributed by atoms with E-state index < -0.39 is 0 Å². The Morgan fingerprint density at radius 3 is 2.68 bits per heavy atom. The van der Waals surface area contributed by atoms with Crippen LogP contribution in [-0.2, 0) is 9.59 Å². The lowest BCUT2D eigenvalue weighted by Gasteiger charge is -2.35. The molecule has 0 radical (unpaired) electrons. The quantitative estimate of drug-likeness (QED) is 0.825. The second-order valence-corrected chi connectivity index (χ2v) is 7.78. The largest absolute Gasteiger partial charge is 0.356 e. The molecule has 2 amide bonds. The molecular formula is C17H31N3O2. The molecule has 0 saturated carbocycles. The first-order chi connectivity index (χ1) is 10.4. The van der Waals surface area contributed by atoms with Gasteiger partial charge in [0.05, 0.1) is 5.92 Å². The molecule has 0 aromatic heterocycles. The van der Waals surface area contributed by atoms with E-state index in [2.05, 4.69) is 10.6 Å². The molecule has 0 aromatic carbocycles. The van der Waals surface area contributed by atoms with E-state index in [1.807, 2.05) is 25.7 Å². The number of nitrogens with zero attached hydrogens (tertiary/aromatic N) is 1. The molecule has 2 unspecified atom stereocenters. The van der Waals surface area contributed by atoms with Gasteiger partial charge in [0.15, 0.2) is 0 Å². The number of amides is 2. The highest BCUT2D eigenvalue weighted by atomic mass is 16.2. The molecule has 2 aliphatic rings. The minimum atomic E-state index is -0.367. The summed E-state index contributed by atoms with van der Waals surface area (Å²) in [7, 11) is 0. The minimum absolute atomic E-state index is 0.0400. The van der Waals surface area contributed by atoms with Gasteiger partial charge in [-0.15, -0.1) is 0 Å². The van der Waals surface area contributed by atoms with Crippen LogP contribution in [0.4, 0.5) is 0 Å². The zero-order valence-corrected chi connectivity index (χ0v) is 14.3. The third kappa shape index (κ3) is 4.70. The van der Waals surface area contributed by atoms with Crippen LogP contribution in [0.5, 0.6) is 0 Å². The molecule has 2 fully saturated rings. The molecule has 2 saturated heterocycles. The second-order valence-electron chi connectivity index (χ2n) is 7.78. The van der Waals surface area contributed by atoms with Gasteiger partial charge in [-0.3, -0.25) is 9.59 Å². The first-order valence-corrected chi connectivity index (χ1v) is 8.65. The zero-order chi connectivity index (χ0) is 16.2. The minimum Gasteiger partial charge on any atom is -0.356 e. The molecular weight excluding hydrogens is 278 g/mol. The van der Waals surface area contributed by atoms with Crippen molar-refractivity contribution in [3.63, 3.8) is 0 Å². The van der Waals surface area contributed by atoms with Crippen molar-refractivity contribution < 1.29 is 9.59 Å². The monoisotopic (exact) mass is 309 g/mol. The summed E-state index contributed by atoms with van der Waals surface area (Å²) >= 11 is 0. The van der Waals surface area contributed by atoms with E-state index in [4.69, 9.17) is 0 Å². The maximum atomic E-state index is 12.4. The van der Waals surface area contributed by atoms with Crippen LogP contribution in [0.2, 0.25) is 0 Å². The Morgan fingerprint density at radius 1 is 1.27 bits per heavy atom. The molecule has 5 heteroatoms. The summed E-state index contributed by atoms with van der Waals surface area (Å²) in [6, 6.07) is 0. The number of piperidine rings is 1. The van der Waals surface area contributed by atoms with Gasteiger partial charge in [0, 0.05) is 25.0 Å². The molecule has 0 aliphatic carbocycles. The smallest absolute Gasteiger partial charge is 0.227 e. The zero-order valence-electron chi connectivity index (χ0n) is 14.3. The van der Waals surface area contributed by atoms with Crippen molar-refractivity contribution >= 4 is 11.8 Å². The van der Waals surface area contributed by atoms with Gasteiger partial charge < -0.3 is 15.5 Å². The molecule has 126 valence electrons. The highest BCUT2D eigenvalue weighted by Crippen LogP contribution is 2.23. The van der Waals surface area contributed by atoms with Crippen LogP contribution in [0.3, 0.4) is 0 Å². The van der Waals surface area contributed by atoms with Crippen molar-refractivity contribution in [2.75, 3.05) is 32.7 Å². The van der Waals surface area contributed by atoms with Crippen molar-refractivity contribution in [3.05, 3.63) is 0 Å². The summed E-state index contributed by atoms with van der Waals surface area (Å²) in [5.41, 5.74) is -0.367. The van der Waals surface area contributed by atoms with Gasteiger partial charge in [-0.1, -0.05) is 20.8 Å². The number of carbonyl (C=O) groups is 2. The molecule has 2 aliphatic heterocycles. The average Bonchev–Trinajstić information content (AvgIpc) is 2.99. The van der Waals surface area contributed by atoms with E-state index in [1.165, 1.54) is 6.42 Å². The second kappa shape index (κ2) is 7.44. The van der Waals surface area contributed by atoms with Crippen LogP contribution in [0.15, 0.2) is 0 Å². The van der Waals surface area contributed by atoms with Crippen molar-refractivity contribution in [2.24, 2.45) is 17.3 Å². The Morgan fingerprint density at radius 2 is 2.05 bits per heavy atom. The Kier molecular flexibility index (Phi) is 5.84. The summed E-state index contributed by atoms with van der Waals surface area (Å²) in [5.74, 6) is 0.937. The Hall–Kier alpha value is -1.10. The van der Waals surface area contributed by atoms with Crippen LogP contribution in [-0.4, -0.2) is 49.4 Å². The number of hydrogen-bond donors (Lipinski definition) is 2. The Bertz CT molecular complexity index is 397. The van der Waals surface area contributed by atoms with Crippen LogP contribution in [0, 0.1) is 17.3 Å². The molecule has 5 nitrogen and oxygen atoms in total. The van der Waals surface area contributed by atoms with Crippen LogP contribution < -0.4 is 10.6 Å². The third-order valence-corrected chi connectivity index (χ3v) is 4.74. The number of rotatable bonds is 4. The predicted molar refractivity (Wildman–Crippen MR) is 87.4 cm³/mol. The topological polar surface area (TPSA) is 61.4 Å². The third-order valence-electron chi connectivity index (χ3n) is 4.74. The fraction of sp³-hybridized carbons (Fsp3) is 0.882. The van der Waals surface area contributed by atoms with Crippen molar-refractivity contribution in [3.8, 4) is 0 Å². The van der Waals surface area contributed by atoms with E-state index in [0.29, 0.717) is 12.5 Å². The Balaban J connectivity index is 1.76. The van der Waals surface area contributed by atoms with Gasteiger partial charge >= 0.3 is 0 Å². The lowest BCUT2D eigenvalue weighted by molar-refractivity contribution is -0.142. The summed E-state index contributed by atoms with van der Waals surface area (Å²) in [6.07, 6.45) is 4.08. The number of likely N-dealkylation sites (tertiary alicyclic amines) is 1. The van der Waals surface area contributed by atoms with Crippen molar-refractivity contribution in [1.29, 1.82) is 0 Å². The lowest BCUT2D eigenvalue weighted by Crippen LogP contribution is -2.48. The lowest BCUT2D eigenvalue weighted by atomic mass is 9.91. The molecule has 0 spiro atoms. The van der Waals surface area contributed by atoms with E-state index in [-0.39, 0.29) is 23.1 Å². The average molecular weight is 309 g/mol. The highest BCUT2D eigenvalue weighted by Gasteiger charge is 2.33. The summed E-state index contributed by atoms with van der Waals surface area (Å²) in [4.78, 5) is 26.6. The first kappa shape index (κ1) is 17.3. The van der Waals surface area contributed by atoms with E-state index in [0.717, 1.165) is 45.4 Å². The van der Waals surface area contributed by atoms with Gasteiger partial charge in [0.2, 0.25) is 11.8 Å². The summed E-state index contributed by atoms with van der Waals surface area (Å²) in [5, 5.41) is 6.42. The normalized spacial score (nSPS) is 26.0. The Labute approximate surface area is 134 Å². The molecule has 2 rings (SSSR count). The van der Waals surface area contributed by atoms with Gasteiger partial charge in [-0.25, -0.2) is 0 Å². The van der Waals surface area contributed by atoms with Gasteiger partial charge in [0.1, 0.15) is 0 Å². The predicted octanol–water partition coefficient (Wildman–Crippen LogP) is 1.39. The van der Waals surface area contributed by atoms with Crippen molar-refractivity contribution in [2.45, 2.75) is 46.5 Å².